The zero-order valence-electron chi connectivity index (χ0n) is 53.2. The summed E-state index contributed by atoms with van der Waals surface area (Å²) < 4.78 is 26.1. The molecule has 0 fully saturated rings. The number of benzene rings is 14. The van der Waals surface area contributed by atoms with Gasteiger partial charge in [0.05, 0.1) is 0 Å². The van der Waals surface area contributed by atoms with Gasteiger partial charge in [0.15, 0.2) is 0 Å². The van der Waals surface area contributed by atoms with Crippen LogP contribution < -0.4 is 28.7 Å². The molecule has 0 saturated heterocycles. The van der Waals surface area contributed by atoms with Crippen molar-refractivity contribution in [1.29, 1.82) is 0 Å². The van der Waals surface area contributed by atoms with E-state index in [-0.39, 0.29) is 0 Å². The predicted molar refractivity (Wildman–Crippen MR) is 401 cm³/mol. The summed E-state index contributed by atoms with van der Waals surface area (Å²) in [6.45, 7) is 0. The molecule has 0 aromatic heterocycles. The number of anilines is 6. The predicted octanol–water partition coefficient (Wildman–Crippen LogP) is 25.1. The quantitative estimate of drug-likeness (QED) is 0.129. The van der Waals surface area contributed by atoms with Crippen LogP contribution in [0.1, 0.15) is 66.8 Å². The van der Waals surface area contributed by atoms with Gasteiger partial charge in [-0.25, -0.2) is 0 Å². The molecule has 0 radical (unpaired) electrons. The summed E-state index contributed by atoms with van der Waals surface area (Å²) in [4.78, 5) is 4.68. The van der Waals surface area contributed by atoms with Crippen LogP contribution in [-0.4, -0.2) is 0 Å². The molecule has 0 spiro atoms. The van der Waals surface area contributed by atoms with Crippen LogP contribution >= 0.6 is 0 Å². The third-order valence-electron chi connectivity index (χ3n) is 18.8. The molecule has 0 unspecified atom stereocenters. The van der Waals surface area contributed by atoms with Crippen molar-refractivity contribution in [1.82, 2.24) is 0 Å². The maximum Gasteiger partial charge on any atom is 0.135 e. The first-order valence-corrected chi connectivity index (χ1v) is 33.1. The lowest BCUT2D eigenvalue weighted by Crippen LogP contribution is -2.10. The monoisotopic (exact) mass is 1260 g/mol. The van der Waals surface area contributed by atoms with Gasteiger partial charge in [0.2, 0.25) is 0 Å². The minimum atomic E-state index is 0.829. The van der Waals surface area contributed by atoms with Gasteiger partial charge in [-0.1, -0.05) is 218 Å². The van der Waals surface area contributed by atoms with Gasteiger partial charge in [0.25, 0.3) is 0 Å². The highest BCUT2D eigenvalue weighted by Crippen LogP contribution is 2.48. The highest BCUT2D eigenvalue weighted by molar-refractivity contribution is 6.00. The van der Waals surface area contributed by atoms with Crippen molar-refractivity contribution < 1.29 is 18.9 Å². The van der Waals surface area contributed by atoms with Gasteiger partial charge in [0, 0.05) is 78.6 Å². The summed E-state index contributed by atoms with van der Waals surface area (Å²) in [5.74, 6) is 6.66. The Hall–Kier alpha value is -13.2. The van der Waals surface area contributed by atoms with Crippen LogP contribution in [0.4, 0.5) is 34.1 Å². The Morgan fingerprint density at radius 2 is 0.327 bits per heavy atom. The van der Waals surface area contributed by atoms with E-state index in [4.69, 9.17) is 18.9 Å². The van der Waals surface area contributed by atoms with Gasteiger partial charge >= 0.3 is 0 Å². The molecule has 98 heavy (non-hydrogen) atoms. The summed E-state index contributed by atoms with van der Waals surface area (Å²) in [6.07, 6.45) is 8.97. The second-order valence-electron chi connectivity index (χ2n) is 24.7. The Morgan fingerprint density at radius 1 is 0.153 bits per heavy atom. The van der Waals surface area contributed by atoms with Gasteiger partial charge < -0.3 is 28.7 Å². The van der Waals surface area contributed by atoms with Gasteiger partial charge in [0.1, 0.15) is 46.0 Å². The van der Waals surface area contributed by atoms with Crippen molar-refractivity contribution in [2.75, 3.05) is 9.80 Å². The lowest BCUT2D eigenvalue weighted by atomic mass is 9.94. The van der Waals surface area contributed by atoms with Crippen molar-refractivity contribution in [2.45, 2.75) is 0 Å². The van der Waals surface area contributed by atoms with E-state index >= 15 is 0 Å². The van der Waals surface area contributed by atoms with Crippen molar-refractivity contribution in [3.63, 3.8) is 0 Å². The normalized spacial score (nSPS) is 12.9. The summed E-state index contributed by atoms with van der Waals surface area (Å²) in [5.41, 5.74) is 25.4. The average molecular weight is 1260 g/mol. The second kappa shape index (κ2) is 24.6. The molecule has 4 heterocycles. The number of rotatable bonds is 11. The van der Waals surface area contributed by atoms with Crippen LogP contribution in [0.5, 0.6) is 46.0 Å². The zero-order chi connectivity index (χ0) is 64.9. The van der Waals surface area contributed by atoms with Crippen LogP contribution in [0, 0.1) is 0 Å². The highest BCUT2D eigenvalue weighted by Gasteiger charge is 2.25. The molecule has 0 saturated carbocycles. The van der Waals surface area contributed by atoms with Crippen LogP contribution in [0.2, 0.25) is 0 Å². The van der Waals surface area contributed by atoms with E-state index in [9.17, 15) is 0 Å². The minimum absolute atomic E-state index is 0.829. The molecular weight excluding hydrogens is 1200 g/mol. The first-order chi connectivity index (χ1) is 48.5. The maximum absolute atomic E-state index is 6.52. The molecule has 0 aliphatic carbocycles. The standard InChI is InChI=1S/C92H60N2O4/c1-9-25-85-67(17-1)57-81(77-21-5-13-29-89(77)95-85)63-37-49-73(50-38-63)93(74-51-39-64(40-52-74)82-58-68-18-2-10-26-86(68)96-90-30-14-6-22-78(82)90)71-45-33-61(34-46-71)62-35-47-72(48-36-62)94(75-53-41-65(42-54-75)83-59-69-19-3-11-27-87(69)97-91-31-15-7-23-79(83)91)76-55-43-66(44-56-76)84-60-70-20-4-12-28-88(70)98-92-32-16-8-24-80(84)92/h1-60H. The molecule has 4 aliphatic rings. The molecular formula is C92H60N2O4. The number of hydrogen-bond acceptors (Lipinski definition) is 6. The van der Waals surface area contributed by atoms with E-state index in [0.29, 0.717) is 0 Å². The number of para-hydroxylation sites is 8. The van der Waals surface area contributed by atoms with Crippen molar-refractivity contribution in [3.8, 4) is 57.1 Å². The lowest BCUT2D eigenvalue weighted by Gasteiger charge is -2.27. The van der Waals surface area contributed by atoms with E-state index in [2.05, 4.69) is 277 Å². The lowest BCUT2D eigenvalue weighted by molar-refractivity contribution is 0.481. The molecule has 6 heteroatoms. The van der Waals surface area contributed by atoms with Crippen LogP contribution in [0.15, 0.2) is 340 Å². The molecule has 0 bridgehead atoms. The molecule has 6 nitrogen and oxygen atoms in total. The smallest absolute Gasteiger partial charge is 0.135 e. The van der Waals surface area contributed by atoms with Crippen LogP contribution in [-0.2, 0) is 0 Å². The Balaban J connectivity index is 0.702. The first kappa shape index (κ1) is 57.5. The fourth-order valence-corrected chi connectivity index (χ4v) is 13.9. The van der Waals surface area contributed by atoms with Crippen LogP contribution in [0.25, 0.3) is 57.7 Å². The number of nitrogens with zero attached hydrogens (tertiary/aromatic N) is 2. The molecule has 462 valence electrons. The SMILES string of the molecule is C1=C(c2ccc(N(c3ccc(C4=Cc5ccccc5Oc5ccccc54)cc3)c3ccc(-c4ccc(N(c5ccc(C6=Cc7ccccc7Oc7ccccc76)cc5)c5ccc(C6=Cc7ccccc7Oc7ccccc76)cc5)cc4)cc3)cc2)c2ccccc2Oc2ccccc21. The van der Waals surface area contributed by atoms with E-state index in [0.717, 1.165) is 180 Å². The van der Waals surface area contributed by atoms with Crippen molar-refractivity contribution in [3.05, 3.63) is 406 Å². The number of ether oxygens (including phenoxy) is 4. The topological polar surface area (TPSA) is 43.4 Å². The fraction of sp³-hybridized carbons (Fsp3) is 0. The van der Waals surface area contributed by atoms with Crippen molar-refractivity contribution in [2.24, 2.45) is 0 Å². The Morgan fingerprint density at radius 3 is 0.541 bits per heavy atom. The Bertz CT molecular complexity index is 4880. The summed E-state index contributed by atoms with van der Waals surface area (Å²) >= 11 is 0. The Kier molecular flexibility index (Phi) is 14.5. The van der Waals surface area contributed by atoms with E-state index in [1.54, 1.807) is 0 Å². The molecule has 0 atom stereocenters. The van der Waals surface area contributed by atoms with Gasteiger partial charge in [-0.2, -0.15) is 0 Å². The molecule has 4 aliphatic heterocycles. The number of hydrogen-bond donors (Lipinski definition) is 0. The van der Waals surface area contributed by atoms with Gasteiger partial charge in [-0.3, -0.25) is 0 Å². The first-order valence-electron chi connectivity index (χ1n) is 33.1. The highest BCUT2D eigenvalue weighted by atomic mass is 16.5. The van der Waals surface area contributed by atoms with E-state index in [1.807, 2.05) is 97.1 Å². The zero-order valence-corrected chi connectivity index (χ0v) is 53.2. The summed E-state index contributed by atoms with van der Waals surface area (Å²) in [7, 11) is 0. The Labute approximate surface area is 569 Å². The summed E-state index contributed by atoms with van der Waals surface area (Å²) in [5, 5.41) is 0. The van der Waals surface area contributed by atoms with Crippen molar-refractivity contribution >= 4 is 80.7 Å². The second-order valence-corrected chi connectivity index (χ2v) is 24.7. The number of fused-ring (bicyclic) bond motifs is 8. The third kappa shape index (κ3) is 10.8. The largest absolute Gasteiger partial charge is 0.456 e. The molecule has 14 aromatic carbocycles. The molecule has 14 aromatic rings. The third-order valence-corrected chi connectivity index (χ3v) is 18.8. The molecule has 0 N–H and O–H groups in total. The van der Waals surface area contributed by atoms with E-state index < -0.39 is 0 Å². The van der Waals surface area contributed by atoms with Gasteiger partial charge in [-0.05, 0) is 201 Å². The molecule has 0 amide bonds. The average Bonchev–Trinajstić information content (AvgIpc) is 1.03. The van der Waals surface area contributed by atoms with Gasteiger partial charge in [-0.15, -0.1) is 0 Å². The summed E-state index contributed by atoms with van der Waals surface area (Å²) in [6, 6.07) is 120. The molecule has 18 rings (SSSR count). The maximum atomic E-state index is 6.52. The van der Waals surface area contributed by atoms with Crippen LogP contribution in [0.3, 0.4) is 0 Å². The minimum Gasteiger partial charge on any atom is -0.456 e. The van der Waals surface area contributed by atoms with E-state index in [1.165, 1.54) is 0 Å². The fourth-order valence-electron chi connectivity index (χ4n) is 13.9.